The fraction of sp³-hybridized carbons (Fsp3) is 0.538. The lowest BCUT2D eigenvalue weighted by Crippen LogP contribution is -2.36. The minimum Gasteiger partial charge on any atom is -0.373 e. The van der Waals surface area contributed by atoms with Gasteiger partial charge in [-0.2, -0.15) is 11.8 Å². The minimum atomic E-state index is -0.141. The summed E-state index contributed by atoms with van der Waals surface area (Å²) in [7, 11) is 1.76. The largest absolute Gasteiger partial charge is 0.373 e. The Labute approximate surface area is 122 Å². The van der Waals surface area contributed by atoms with E-state index in [4.69, 9.17) is 11.6 Å². The minimum absolute atomic E-state index is 0.141. The molecule has 1 atom stereocenters. The van der Waals surface area contributed by atoms with Gasteiger partial charge in [-0.15, -0.1) is 0 Å². The molecule has 104 valence electrons. The van der Waals surface area contributed by atoms with Crippen LogP contribution in [0.5, 0.6) is 0 Å². The second-order valence-corrected chi connectivity index (χ2v) is 6.97. The van der Waals surface area contributed by atoms with Gasteiger partial charge in [-0.25, -0.2) is 4.98 Å². The highest BCUT2D eigenvalue weighted by Gasteiger charge is 2.30. The number of rotatable bonds is 4. The van der Waals surface area contributed by atoms with Gasteiger partial charge in [-0.05, 0) is 31.6 Å². The lowest BCUT2D eigenvalue weighted by atomic mass is 10.1. The number of hydrogen-bond acceptors (Lipinski definition) is 4. The molecule has 1 aliphatic heterocycles. The average Bonchev–Trinajstić information content (AvgIpc) is 2.84. The Morgan fingerprint density at radius 3 is 3.05 bits per heavy atom. The molecule has 0 bridgehead atoms. The third kappa shape index (κ3) is 3.54. The number of halogens is 1. The zero-order valence-electron chi connectivity index (χ0n) is 11.1. The Bertz CT molecular complexity index is 475. The molecular formula is C13H18ClN3OS. The first-order chi connectivity index (χ1) is 9.04. The highest BCUT2D eigenvalue weighted by atomic mass is 35.5. The standard InChI is InChI=1S/C13H18ClN3OS/c1-13(4-3-5-19-13)8-17-12(18)9-6-11(15-2)16-7-10(9)14/h6-7H,3-5,8H2,1-2H3,(H,15,16)(H,17,18). The summed E-state index contributed by atoms with van der Waals surface area (Å²) in [5.41, 5.74) is 0.465. The predicted octanol–water partition coefficient (Wildman–Crippen LogP) is 2.79. The van der Waals surface area contributed by atoms with Crippen LogP contribution < -0.4 is 10.6 Å². The number of hydrogen-bond donors (Lipinski definition) is 2. The molecule has 6 heteroatoms. The SMILES string of the molecule is CNc1cc(C(=O)NCC2(C)CCCS2)c(Cl)cn1. The molecule has 1 aromatic heterocycles. The van der Waals surface area contributed by atoms with Crippen LogP contribution in [0.15, 0.2) is 12.3 Å². The molecule has 0 aliphatic carbocycles. The maximum Gasteiger partial charge on any atom is 0.253 e. The molecule has 0 spiro atoms. The molecule has 0 radical (unpaired) electrons. The van der Waals surface area contributed by atoms with Gasteiger partial charge in [0, 0.05) is 24.5 Å². The maximum absolute atomic E-state index is 12.2. The van der Waals surface area contributed by atoms with E-state index in [1.165, 1.54) is 18.4 Å². The highest BCUT2D eigenvalue weighted by Crippen LogP contribution is 2.37. The number of pyridine rings is 1. The molecule has 2 heterocycles. The number of nitrogens with one attached hydrogen (secondary N) is 2. The Hall–Kier alpha value is -0.940. The van der Waals surface area contributed by atoms with Crippen molar-refractivity contribution in [1.82, 2.24) is 10.3 Å². The lowest BCUT2D eigenvalue weighted by molar-refractivity contribution is 0.0950. The first-order valence-electron chi connectivity index (χ1n) is 6.29. The number of nitrogens with zero attached hydrogens (tertiary/aromatic N) is 1. The Morgan fingerprint density at radius 2 is 2.42 bits per heavy atom. The van der Waals surface area contributed by atoms with Crippen molar-refractivity contribution in [2.75, 3.05) is 24.7 Å². The summed E-state index contributed by atoms with van der Waals surface area (Å²) in [6.07, 6.45) is 3.86. The van der Waals surface area contributed by atoms with Gasteiger partial charge in [0.2, 0.25) is 0 Å². The fourth-order valence-corrected chi connectivity index (χ4v) is 3.52. The van der Waals surface area contributed by atoms with Gasteiger partial charge in [0.15, 0.2) is 0 Å². The van der Waals surface area contributed by atoms with Crippen LogP contribution in [0.4, 0.5) is 5.82 Å². The Morgan fingerprint density at radius 1 is 1.63 bits per heavy atom. The molecule has 0 saturated carbocycles. The quantitative estimate of drug-likeness (QED) is 0.897. The topological polar surface area (TPSA) is 54.0 Å². The van der Waals surface area contributed by atoms with Crippen LogP contribution >= 0.6 is 23.4 Å². The highest BCUT2D eigenvalue weighted by molar-refractivity contribution is 8.00. The van der Waals surface area contributed by atoms with Crippen LogP contribution in [-0.2, 0) is 0 Å². The summed E-state index contributed by atoms with van der Waals surface area (Å²) in [6.45, 7) is 2.86. The zero-order chi connectivity index (χ0) is 13.9. The van der Waals surface area contributed by atoms with E-state index < -0.39 is 0 Å². The van der Waals surface area contributed by atoms with Gasteiger partial charge in [-0.3, -0.25) is 4.79 Å². The number of carbonyl (C=O) groups excluding carboxylic acids is 1. The van der Waals surface area contributed by atoms with Crippen molar-refractivity contribution in [2.24, 2.45) is 0 Å². The van der Waals surface area contributed by atoms with E-state index >= 15 is 0 Å². The predicted molar refractivity (Wildman–Crippen MR) is 81.2 cm³/mol. The summed E-state index contributed by atoms with van der Waals surface area (Å²) in [4.78, 5) is 16.2. The summed E-state index contributed by atoms with van der Waals surface area (Å²) in [6, 6.07) is 1.67. The second-order valence-electron chi connectivity index (χ2n) is 4.88. The number of anilines is 1. The van der Waals surface area contributed by atoms with Crippen LogP contribution in [0.1, 0.15) is 30.1 Å². The average molecular weight is 300 g/mol. The van der Waals surface area contributed by atoms with E-state index in [0.29, 0.717) is 22.9 Å². The van der Waals surface area contributed by atoms with Gasteiger partial charge in [0.25, 0.3) is 5.91 Å². The summed E-state index contributed by atoms with van der Waals surface area (Å²) in [5.74, 6) is 1.67. The van der Waals surface area contributed by atoms with E-state index in [1.807, 2.05) is 11.8 Å². The molecule has 1 aromatic rings. The van der Waals surface area contributed by atoms with Crippen molar-refractivity contribution in [1.29, 1.82) is 0 Å². The van der Waals surface area contributed by atoms with Gasteiger partial charge >= 0.3 is 0 Å². The monoisotopic (exact) mass is 299 g/mol. The second kappa shape index (κ2) is 6.01. The molecule has 1 aliphatic rings. The van der Waals surface area contributed by atoms with Crippen LogP contribution in [0.2, 0.25) is 5.02 Å². The van der Waals surface area contributed by atoms with E-state index in [1.54, 1.807) is 13.1 Å². The number of amides is 1. The lowest BCUT2D eigenvalue weighted by Gasteiger charge is -2.23. The van der Waals surface area contributed by atoms with E-state index in [9.17, 15) is 4.79 Å². The molecule has 1 saturated heterocycles. The summed E-state index contributed by atoms with van der Waals surface area (Å²) >= 11 is 7.94. The summed E-state index contributed by atoms with van der Waals surface area (Å²) in [5, 5.41) is 6.25. The Balaban J connectivity index is 2.03. The van der Waals surface area contributed by atoms with Crippen molar-refractivity contribution in [2.45, 2.75) is 24.5 Å². The maximum atomic E-state index is 12.2. The normalized spacial score (nSPS) is 22.3. The van der Waals surface area contributed by atoms with Crippen molar-refractivity contribution in [3.63, 3.8) is 0 Å². The van der Waals surface area contributed by atoms with E-state index in [-0.39, 0.29) is 10.7 Å². The van der Waals surface area contributed by atoms with Gasteiger partial charge < -0.3 is 10.6 Å². The molecular weight excluding hydrogens is 282 g/mol. The first-order valence-corrected chi connectivity index (χ1v) is 7.66. The molecule has 2 rings (SSSR count). The zero-order valence-corrected chi connectivity index (χ0v) is 12.7. The fourth-order valence-electron chi connectivity index (χ4n) is 2.09. The number of aromatic nitrogens is 1. The van der Waals surface area contributed by atoms with Crippen LogP contribution in [0.3, 0.4) is 0 Å². The first kappa shape index (κ1) is 14.5. The third-order valence-electron chi connectivity index (χ3n) is 3.28. The number of carbonyl (C=O) groups is 1. The van der Waals surface area contributed by atoms with Gasteiger partial charge in [-0.1, -0.05) is 11.6 Å². The molecule has 1 fully saturated rings. The Kier molecular flexibility index (Phi) is 4.58. The van der Waals surface area contributed by atoms with Crippen molar-refractivity contribution < 1.29 is 4.79 Å². The molecule has 19 heavy (non-hydrogen) atoms. The third-order valence-corrected chi connectivity index (χ3v) is 5.12. The molecule has 1 unspecified atom stereocenters. The van der Waals surface area contributed by atoms with Gasteiger partial charge in [0.05, 0.1) is 10.6 Å². The van der Waals surface area contributed by atoms with Crippen LogP contribution in [-0.4, -0.2) is 35.0 Å². The van der Waals surface area contributed by atoms with Crippen LogP contribution in [0, 0.1) is 0 Å². The van der Waals surface area contributed by atoms with E-state index in [2.05, 4.69) is 22.5 Å². The molecule has 4 nitrogen and oxygen atoms in total. The molecule has 1 amide bonds. The smallest absolute Gasteiger partial charge is 0.253 e. The molecule has 2 N–H and O–H groups in total. The van der Waals surface area contributed by atoms with Crippen molar-refractivity contribution in [3.05, 3.63) is 22.8 Å². The van der Waals surface area contributed by atoms with Crippen molar-refractivity contribution in [3.8, 4) is 0 Å². The number of thioether (sulfide) groups is 1. The molecule has 0 aromatic carbocycles. The van der Waals surface area contributed by atoms with Crippen molar-refractivity contribution >= 4 is 35.1 Å². The summed E-state index contributed by atoms with van der Waals surface area (Å²) < 4.78 is 0.154. The van der Waals surface area contributed by atoms with E-state index in [0.717, 1.165) is 6.42 Å². The van der Waals surface area contributed by atoms with Crippen LogP contribution in [0.25, 0.3) is 0 Å². The van der Waals surface area contributed by atoms with Gasteiger partial charge in [0.1, 0.15) is 5.82 Å².